The van der Waals surface area contributed by atoms with E-state index in [0.29, 0.717) is 11.3 Å². The van der Waals surface area contributed by atoms with Crippen molar-refractivity contribution in [2.45, 2.75) is 16.2 Å². The van der Waals surface area contributed by atoms with Gasteiger partial charge in [0.1, 0.15) is 0 Å². The van der Waals surface area contributed by atoms with Crippen LogP contribution in [0, 0.1) is 0 Å². The lowest BCUT2D eigenvalue weighted by molar-refractivity contribution is -0.0328. The van der Waals surface area contributed by atoms with Crippen LogP contribution in [0.4, 0.5) is 13.2 Å². The molecule has 2 aromatic carbocycles. The molecule has 0 unspecified atom stereocenters. The fourth-order valence-corrected chi connectivity index (χ4v) is 2.96. The van der Waals surface area contributed by atoms with E-state index < -0.39 is 5.51 Å². The zero-order valence-corrected chi connectivity index (χ0v) is 14.0. The molecule has 0 saturated heterocycles. The van der Waals surface area contributed by atoms with Crippen LogP contribution in [0.1, 0.15) is 11.1 Å². The molecule has 2 N–H and O–H groups in total. The van der Waals surface area contributed by atoms with Gasteiger partial charge in [-0.25, -0.2) is 0 Å². The average molecular weight is 369 g/mol. The second kappa shape index (κ2) is 8.79. The van der Waals surface area contributed by atoms with E-state index in [-0.39, 0.29) is 21.8 Å². The van der Waals surface area contributed by atoms with Crippen molar-refractivity contribution in [2.75, 3.05) is 0 Å². The number of amidine groups is 1. The van der Waals surface area contributed by atoms with Crippen molar-refractivity contribution in [2.24, 2.45) is 15.9 Å². The lowest BCUT2D eigenvalue weighted by atomic mass is 10.2. The molecule has 0 spiro atoms. The van der Waals surface area contributed by atoms with Crippen molar-refractivity contribution in [1.29, 1.82) is 0 Å². The van der Waals surface area contributed by atoms with Crippen LogP contribution in [0.25, 0.3) is 0 Å². The van der Waals surface area contributed by atoms with Gasteiger partial charge in [-0.05, 0) is 23.4 Å². The van der Waals surface area contributed by atoms with Gasteiger partial charge >= 0.3 is 5.51 Å². The molecule has 3 nitrogen and oxygen atoms in total. The van der Waals surface area contributed by atoms with Crippen molar-refractivity contribution in [3.8, 4) is 0 Å². The van der Waals surface area contributed by atoms with E-state index in [9.17, 15) is 13.2 Å². The third-order valence-electron chi connectivity index (χ3n) is 2.73. The van der Waals surface area contributed by atoms with Gasteiger partial charge in [-0.1, -0.05) is 60.3 Å². The Morgan fingerprint density at radius 1 is 1.04 bits per heavy atom. The van der Waals surface area contributed by atoms with Crippen molar-refractivity contribution >= 4 is 34.9 Å². The molecule has 0 atom stereocenters. The molecule has 0 aliphatic heterocycles. The van der Waals surface area contributed by atoms with Gasteiger partial charge in [-0.15, -0.1) is 5.10 Å². The lowest BCUT2D eigenvalue weighted by Gasteiger charge is -2.07. The van der Waals surface area contributed by atoms with E-state index in [1.165, 1.54) is 24.0 Å². The SMILES string of the molecule is NC(=NN=Cc1ccccc1SC(F)(F)F)SCc1ccccc1. The molecule has 0 amide bonds. The van der Waals surface area contributed by atoms with Crippen LogP contribution in [0.15, 0.2) is 69.7 Å². The topological polar surface area (TPSA) is 50.7 Å². The summed E-state index contributed by atoms with van der Waals surface area (Å²) in [6.07, 6.45) is 1.27. The highest BCUT2D eigenvalue weighted by Crippen LogP contribution is 2.37. The first-order valence-electron chi connectivity index (χ1n) is 6.82. The number of thioether (sulfide) groups is 2. The first-order valence-corrected chi connectivity index (χ1v) is 8.62. The quantitative estimate of drug-likeness (QED) is 0.354. The van der Waals surface area contributed by atoms with E-state index in [2.05, 4.69) is 10.2 Å². The van der Waals surface area contributed by atoms with Crippen molar-refractivity contribution in [1.82, 2.24) is 0 Å². The molecule has 2 aromatic rings. The number of rotatable bonds is 5. The summed E-state index contributed by atoms with van der Waals surface area (Å²) < 4.78 is 37.5. The van der Waals surface area contributed by atoms with Gasteiger partial charge in [0, 0.05) is 16.2 Å². The highest BCUT2D eigenvalue weighted by atomic mass is 32.2. The standard InChI is InChI=1S/C16H14F3N3S2/c17-16(18,19)24-14-9-5-4-8-13(14)10-21-22-15(20)23-11-12-6-2-1-3-7-12/h1-10H,11H2,(H2,20,22). The van der Waals surface area contributed by atoms with Gasteiger partial charge in [-0.2, -0.15) is 18.3 Å². The maximum absolute atomic E-state index is 12.5. The Balaban J connectivity index is 1.97. The second-order valence-electron chi connectivity index (χ2n) is 4.54. The van der Waals surface area contributed by atoms with Crippen molar-refractivity contribution in [3.05, 3.63) is 65.7 Å². The molecule has 0 fully saturated rings. The smallest absolute Gasteiger partial charge is 0.377 e. The summed E-state index contributed by atoms with van der Waals surface area (Å²) in [7, 11) is 0. The third-order valence-corrected chi connectivity index (χ3v) is 4.41. The number of alkyl halides is 3. The molecule has 8 heteroatoms. The Kier molecular flexibility index (Phi) is 6.74. The normalized spacial score (nSPS) is 12.7. The Labute approximate surface area is 146 Å². The fourth-order valence-electron chi connectivity index (χ4n) is 1.71. The summed E-state index contributed by atoms with van der Waals surface area (Å²) in [6.45, 7) is 0. The highest BCUT2D eigenvalue weighted by molar-refractivity contribution is 8.13. The molecule has 0 aromatic heterocycles. The van der Waals surface area contributed by atoms with Crippen LogP contribution < -0.4 is 5.73 Å². The summed E-state index contributed by atoms with van der Waals surface area (Å²) in [6, 6.07) is 15.8. The monoisotopic (exact) mass is 369 g/mol. The Hall–Kier alpha value is -1.93. The molecule has 0 radical (unpaired) electrons. The molecule has 0 saturated carbocycles. The number of hydrogen-bond donors (Lipinski definition) is 1. The Morgan fingerprint density at radius 2 is 1.71 bits per heavy atom. The highest BCUT2D eigenvalue weighted by Gasteiger charge is 2.30. The van der Waals surface area contributed by atoms with Crippen LogP contribution in [0.3, 0.4) is 0 Å². The van der Waals surface area contributed by atoms with Gasteiger partial charge in [0.2, 0.25) is 0 Å². The zero-order valence-electron chi connectivity index (χ0n) is 12.4. The van der Waals surface area contributed by atoms with Gasteiger partial charge in [-0.3, -0.25) is 0 Å². The maximum atomic E-state index is 12.5. The van der Waals surface area contributed by atoms with Gasteiger partial charge in [0.05, 0.1) is 6.21 Å². The van der Waals surface area contributed by atoms with Crippen LogP contribution in [0.5, 0.6) is 0 Å². The summed E-state index contributed by atoms with van der Waals surface area (Å²) in [5.41, 5.74) is 2.82. The zero-order chi connectivity index (χ0) is 17.4. The minimum atomic E-state index is -4.35. The number of halogens is 3. The Morgan fingerprint density at radius 3 is 2.42 bits per heavy atom. The summed E-state index contributed by atoms with van der Waals surface area (Å²) in [4.78, 5) is 0.0689. The molecule has 126 valence electrons. The van der Waals surface area contributed by atoms with E-state index in [4.69, 9.17) is 5.73 Å². The number of nitrogens with zero attached hydrogens (tertiary/aromatic N) is 2. The Bertz CT molecular complexity index is 716. The molecule has 0 bridgehead atoms. The van der Waals surface area contributed by atoms with Gasteiger partial charge in [0.25, 0.3) is 0 Å². The lowest BCUT2D eigenvalue weighted by Crippen LogP contribution is -2.06. The summed E-state index contributed by atoms with van der Waals surface area (Å²) in [5, 5.41) is 7.84. The maximum Gasteiger partial charge on any atom is 0.446 e. The predicted molar refractivity (Wildman–Crippen MR) is 95.3 cm³/mol. The minimum absolute atomic E-state index is 0.0689. The molecule has 2 rings (SSSR count). The summed E-state index contributed by atoms with van der Waals surface area (Å²) in [5.74, 6) is 0.645. The van der Waals surface area contributed by atoms with Crippen LogP contribution >= 0.6 is 23.5 Å². The van der Waals surface area contributed by atoms with E-state index in [0.717, 1.165) is 5.56 Å². The van der Waals surface area contributed by atoms with Gasteiger partial charge < -0.3 is 5.73 Å². The average Bonchev–Trinajstić information content (AvgIpc) is 2.54. The number of benzene rings is 2. The van der Waals surface area contributed by atoms with Crippen molar-refractivity contribution < 1.29 is 13.2 Å². The van der Waals surface area contributed by atoms with Crippen LogP contribution in [-0.4, -0.2) is 16.9 Å². The molecule has 0 aliphatic carbocycles. The molecular weight excluding hydrogens is 355 g/mol. The first kappa shape index (κ1) is 18.4. The molecular formula is C16H14F3N3S2. The molecule has 24 heavy (non-hydrogen) atoms. The molecule has 0 aliphatic rings. The van der Waals surface area contributed by atoms with Gasteiger partial charge in [0.15, 0.2) is 5.17 Å². The van der Waals surface area contributed by atoms with E-state index in [1.54, 1.807) is 18.2 Å². The largest absolute Gasteiger partial charge is 0.446 e. The fraction of sp³-hybridized carbons (Fsp3) is 0.125. The molecule has 0 heterocycles. The van der Waals surface area contributed by atoms with Crippen LogP contribution in [0.2, 0.25) is 0 Å². The minimum Gasteiger partial charge on any atom is -0.377 e. The number of hydrogen-bond acceptors (Lipinski definition) is 4. The predicted octanol–water partition coefficient (Wildman–Crippen LogP) is 4.88. The second-order valence-corrected chi connectivity index (χ2v) is 6.65. The van der Waals surface area contributed by atoms with Crippen LogP contribution in [-0.2, 0) is 5.75 Å². The number of nitrogens with two attached hydrogens (primary N) is 1. The van der Waals surface area contributed by atoms with E-state index in [1.807, 2.05) is 30.3 Å². The van der Waals surface area contributed by atoms with Crippen molar-refractivity contribution in [3.63, 3.8) is 0 Å². The third kappa shape index (κ3) is 6.67. The summed E-state index contributed by atoms with van der Waals surface area (Å²) >= 11 is 1.13. The van der Waals surface area contributed by atoms with E-state index >= 15 is 0 Å². The first-order chi connectivity index (χ1) is 11.4.